The molecule has 1 amide bonds. The number of hydrogen-bond donors (Lipinski definition) is 0. The van der Waals surface area contributed by atoms with Gasteiger partial charge in [-0.2, -0.15) is 0 Å². The number of hydrogen-bond acceptors (Lipinski definition) is 6. The molecule has 0 aliphatic carbocycles. The molecule has 38 heavy (non-hydrogen) atoms. The minimum Gasteiger partial charge on any atom is -0.445 e. The number of nitro groups is 1. The molecule has 0 N–H and O–H groups in total. The summed E-state index contributed by atoms with van der Waals surface area (Å²) in [5.41, 5.74) is 2.06. The number of ether oxygens (including phenoxy) is 1. The molecule has 9 nitrogen and oxygen atoms in total. The third-order valence-electron chi connectivity index (χ3n) is 7.12. The van der Waals surface area contributed by atoms with Gasteiger partial charge in [-0.1, -0.05) is 36.4 Å². The number of benzene rings is 2. The van der Waals surface area contributed by atoms with Crippen LogP contribution in [0.3, 0.4) is 0 Å². The number of carbonyl (C=O) groups excluding carboxylic acids is 1. The quantitative estimate of drug-likeness (QED) is 0.185. The van der Waals surface area contributed by atoms with Gasteiger partial charge in [0.05, 0.1) is 11.3 Å². The molecule has 1 aliphatic rings. The molecule has 0 bridgehead atoms. The Hall–Kier alpha value is -3.98. The summed E-state index contributed by atoms with van der Waals surface area (Å²) in [7, 11) is 0. The molecule has 1 saturated heterocycles. The van der Waals surface area contributed by atoms with Crippen LogP contribution in [0.1, 0.15) is 36.3 Å². The monoisotopic (exact) mass is 517 g/mol. The van der Waals surface area contributed by atoms with E-state index in [1.54, 1.807) is 23.1 Å². The fourth-order valence-electron chi connectivity index (χ4n) is 4.98. The summed E-state index contributed by atoms with van der Waals surface area (Å²) in [4.78, 5) is 31.7. The first kappa shape index (κ1) is 27.1. The summed E-state index contributed by atoms with van der Waals surface area (Å²) in [6.07, 6.45) is 9.83. The maximum atomic E-state index is 12.9. The second-order valence-electron chi connectivity index (χ2n) is 9.65. The average Bonchev–Trinajstić information content (AvgIpc) is 3.47. The lowest BCUT2D eigenvalue weighted by atomic mass is 9.94. The van der Waals surface area contributed by atoms with Gasteiger partial charge in [0.15, 0.2) is 0 Å². The molecule has 1 atom stereocenters. The molecular formula is C29H35N5O4. The van der Waals surface area contributed by atoms with Crippen molar-refractivity contribution >= 4 is 11.8 Å². The van der Waals surface area contributed by atoms with E-state index in [2.05, 4.69) is 51.4 Å². The van der Waals surface area contributed by atoms with Gasteiger partial charge in [-0.15, -0.1) is 6.58 Å². The van der Waals surface area contributed by atoms with Crippen LogP contribution in [0, 0.1) is 10.1 Å². The molecule has 200 valence electrons. The highest BCUT2D eigenvalue weighted by molar-refractivity contribution is 5.68. The van der Waals surface area contributed by atoms with Gasteiger partial charge < -0.3 is 19.1 Å². The van der Waals surface area contributed by atoms with E-state index in [0.29, 0.717) is 18.0 Å². The van der Waals surface area contributed by atoms with Crippen molar-refractivity contribution in [3.63, 3.8) is 0 Å². The first-order valence-electron chi connectivity index (χ1n) is 13.0. The zero-order valence-electron chi connectivity index (χ0n) is 21.6. The van der Waals surface area contributed by atoms with Crippen LogP contribution in [0.4, 0.5) is 10.5 Å². The molecule has 2 heterocycles. The third kappa shape index (κ3) is 7.52. The number of carbonyl (C=O) groups is 1. The predicted molar refractivity (Wildman–Crippen MR) is 146 cm³/mol. The average molecular weight is 518 g/mol. The summed E-state index contributed by atoms with van der Waals surface area (Å²) >= 11 is 0. The first-order valence-corrected chi connectivity index (χ1v) is 13.0. The lowest BCUT2D eigenvalue weighted by Crippen LogP contribution is -2.47. The molecule has 1 fully saturated rings. The molecule has 0 radical (unpaired) electrons. The van der Waals surface area contributed by atoms with Crippen LogP contribution in [-0.4, -0.2) is 62.6 Å². The molecule has 3 aromatic rings. The second kappa shape index (κ2) is 13.5. The number of nitro benzene ring substituents is 1. The van der Waals surface area contributed by atoms with Gasteiger partial charge in [0.2, 0.25) is 0 Å². The number of likely N-dealkylation sites (tertiary alicyclic amines) is 1. The van der Waals surface area contributed by atoms with Crippen molar-refractivity contribution in [2.75, 3.05) is 26.2 Å². The van der Waals surface area contributed by atoms with Crippen LogP contribution in [0.2, 0.25) is 0 Å². The minimum atomic E-state index is -0.449. The van der Waals surface area contributed by atoms with Gasteiger partial charge in [-0.05, 0) is 49.1 Å². The molecular weight excluding hydrogens is 482 g/mol. The van der Waals surface area contributed by atoms with E-state index in [0.717, 1.165) is 45.4 Å². The van der Waals surface area contributed by atoms with Crippen LogP contribution in [0.25, 0.3) is 0 Å². The predicted octanol–water partition coefficient (Wildman–Crippen LogP) is 5.25. The third-order valence-corrected chi connectivity index (χ3v) is 7.12. The van der Waals surface area contributed by atoms with E-state index >= 15 is 0 Å². The van der Waals surface area contributed by atoms with Gasteiger partial charge in [0.1, 0.15) is 6.61 Å². The number of amides is 1. The molecule has 2 aromatic carbocycles. The molecule has 1 aromatic heterocycles. The van der Waals surface area contributed by atoms with Crippen molar-refractivity contribution in [2.24, 2.45) is 0 Å². The normalized spacial score (nSPS) is 15.1. The van der Waals surface area contributed by atoms with Crippen LogP contribution >= 0.6 is 0 Å². The van der Waals surface area contributed by atoms with Gasteiger partial charge in [0.25, 0.3) is 5.69 Å². The number of piperidine rings is 1. The fraction of sp³-hybridized carbons (Fsp3) is 0.379. The van der Waals surface area contributed by atoms with Crippen molar-refractivity contribution < 1.29 is 14.5 Å². The maximum absolute atomic E-state index is 12.9. The van der Waals surface area contributed by atoms with E-state index < -0.39 is 4.92 Å². The van der Waals surface area contributed by atoms with Crippen molar-refractivity contribution in [1.29, 1.82) is 0 Å². The molecule has 0 saturated carbocycles. The zero-order chi connectivity index (χ0) is 26.7. The Morgan fingerprint density at radius 1 is 1.18 bits per heavy atom. The Kier molecular flexibility index (Phi) is 9.64. The summed E-state index contributed by atoms with van der Waals surface area (Å²) in [6, 6.07) is 16.8. The summed E-state index contributed by atoms with van der Waals surface area (Å²) in [5.74, 6) is 0.398. The maximum Gasteiger partial charge on any atom is 0.410 e. The van der Waals surface area contributed by atoms with E-state index in [9.17, 15) is 14.9 Å². The highest BCUT2D eigenvalue weighted by Gasteiger charge is 2.28. The number of aromatic nitrogens is 2. The lowest BCUT2D eigenvalue weighted by Gasteiger charge is -2.38. The Morgan fingerprint density at radius 2 is 1.92 bits per heavy atom. The van der Waals surface area contributed by atoms with Gasteiger partial charge in [-0.25, -0.2) is 9.78 Å². The lowest BCUT2D eigenvalue weighted by molar-refractivity contribution is -0.384. The van der Waals surface area contributed by atoms with E-state index in [1.165, 1.54) is 17.7 Å². The van der Waals surface area contributed by atoms with Crippen LogP contribution in [-0.2, 0) is 17.9 Å². The van der Waals surface area contributed by atoms with Crippen LogP contribution < -0.4 is 0 Å². The van der Waals surface area contributed by atoms with Crippen molar-refractivity contribution in [3.05, 3.63) is 107 Å². The van der Waals surface area contributed by atoms with Crippen molar-refractivity contribution in [1.82, 2.24) is 19.4 Å². The molecule has 1 unspecified atom stereocenters. The van der Waals surface area contributed by atoms with Crippen LogP contribution in [0.15, 0.2) is 86.0 Å². The SMILES string of the molecule is C=CCN(C(=O)OCc1ccc([N+](=O)[O-])cc1)C1CCN(CCC(Cn2ccnc2)c2ccccc2)CC1. The Labute approximate surface area is 223 Å². The number of rotatable bonds is 12. The largest absolute Gasteiger partial charge is 0.445 e. The molecule has 1 aliphatic heterocycles. The Balaban J connectivity index is 1.27. The summed E-state index contributed by atoms with van der Waals surface area (Å²) in [6.45, 7) is 8.03. The minimum absolute atomic E-state index is 0.0111. The topological polar surface area (TPSA) is 93.7 Å². The molecule has 4 rings (SSSR count). The number of nitrogens with zero attached hydrogens (tertiary/aromatic N) is 5. The Morgan fingerprint density at radius 3 is 2.55 bits per heavy atom. The highest BCUT2D eigenvalue weighted by atomic mass is 16.6. The fourth-order valence-corrected chi connectivity index (χ4v) is 4.98. The number of non-ortho nitro benzene ring substituents is 1. The zero-order valence-corrected chi connectivity index (χ0v) is 21.6. The van der Waals surface area contributed by atoms with Crippen molar-refractivity contribution in [3.8, 4) is 0 Å². The van der Waals surface area contributed by atoms with Gasteiger partial charge in [-0.3, -0.25) is 10.1 Å². The van der Waals surface area contributed by atoms with E-state index in [1.807, 2.05) is 18.7 Å². The van der Waals surface area contributed by atoms with Gasteiger partial charge >= 0.3 is 6.09 Å². The molecule has 0 spiro atoms. The first-order chi connectivity index (χ1) is 18.5. The Bertz CT molecular complexity index is 1160. The second-order valence-corrected chi connectivity index (χ2v) is 9.65. The standard InChI is InChI=1S/C29H35N5O4/c1-2-16-33(29(35)38-22-24-8-10-28(11-9-24)34(36)37)27-13-18-31(19-14-27)17-12-26(21-32-20-15-30-23-32)25-6-4-3-5-7-25/h2-11,15,20,23,26-27H,1,12-14,16-19,21-22H2. The highest BCUT2D eigenvalue weighted by Crippen LogP contribution is 2.24. The van der Waals surface area contributed by atoms with E-state index in [4.69, 9.17) is 4.74 Å². The smallest absolute Gasteiger partial charge is 0.410 e. The van der Waals surface area contributed by atoms with Crippen LogP contribution in [0.5, 0.6) is 0 Å². The summed E-state index contributed by atoms with van der Waals surface area (Å²) < 4.78 is 7.69. The van der Waals surface area contributed by atoms with Gasteiger partial charge in [0, 0.05) is 62.7 Å². The van der Waals surface area contributed by atoms with E-state index in [-0.39, 0.29) is 24.4 Å². The number of imidazole rings is 1. The summed E-state index contributed by atoms with van der Waals surface area (Å²) in [5, 5.41) is 10.8. The van der Waals surface area contributed by atoms with Crippen molar-refractivity contribution in [2.45, 2.75) is 44.4 Å². The molecule has 9 heteroatoms.